The van der Waals surface area contributed by atoms with Gasteiger partial charge < -0.3 is 5.73 Å². The standard InChI is InChI=1S/C20H17N3O3/c1-13-7-9-14(10-8-13)16-11-20(12-21,19(22)24)17(18(16)23(25)26)15-5-3-2-4-6-15/h2-11,17-18H,1H3,(H2,22,24). The van der Waals surface area contributed by atoms with Gasteiger partial charge in [-0.1, -0.05) is 60.2 Å². The van der Waals surface area contributed by atoms with E-state index in [9.17, 15) is 20.2 Å². The zero-order chi connectivity index (χ0) is 18.9. The molecule has 130 valence electrons. The van der Waals surface area contributed by atoms with Crippen molar-refractivity contribution in [2.24, 2.45) is 11.1 Å². The summed E-state index contributed by atoms with van der Waals surface area (Å²) in [7, 11) is 0. The maximum atomic E-state index is 12.3. The van der Waals surface area contributed by atoms with Crippen LogP contribution in [0.5, 0.6) is 0 Å². The van der Waals surface area contributed by atoms with Crippen molar-refractivity contribution in [1.82, 2.24) is 0 Å². The molecule has 1 aliphatic carbocycles. The molecule has 1 amide bonds. The Kier molecular flexibility index (Phi) is 4.31. The molecule has 0 saturated heterocycles. The van der Waals surface area contributed by atoms with Crippen molar-refractivity contribution in [1.29, 1.82) is 5.26 Å². The Morgan fingerprint density at radius 2 is 1.81 bits per heavy atom. The first-order chi connectivity index (χ1) is 12.4. The first kappa shape index (κ1) is 17.4. The number of nitriles is 1. The molecule has 0 spiro atoms. The number of nitrogens with zero attached hydrogens (tertiary/aromatic N) is 2. The Morgan fingerprint density at radius 1 is 1.19 bits per heavy atom. The molecule has 6 nitrogen and oxygen atoms in total. The Hall–Kier alpha value is -3.46. The molecular formula is C20H17N3O3. The van der Waals surface area contributed by atoms with E-state index in [1.807, 2.05) is 25.1 Å². The fraction of sp³-hybridized carbons (Fsp3) is 0.200. The molecule has 0 fully saturated rings. The van der Waals surface area contributed by atoms with E-state index in [1.165, 1.54) is 6.08 Å². The molecule has 1 aliphatic rings. The van der Waals surface area contributed by atoms with Gasteiger partial charge in [-0.3, -0.25) is 14.9 Å². The van der Waals surface area contributed by atoms with Crippen LogP contribution in [0, 0.1) is 33.8 Å². The summed E-state index contributed by atoms with van der Waals surface area (Å²) in [5, 5.41) is 21.8. The lowest BCUT2D eigenvalue weighted by atomic mass is 9.73. The van der Waals surface area contributed by atoms with Crippen molar-refractivity contribution >= 4 is 11.5 Å². The number of benzene rings is 2. The number of hydrogen-bond donors (Lipinski definition) is 1. The van der Waals surface area contributed by atoms with E-state index in [1.54, 1.807) is 42.5 Å². The smallest absolute Gasteiger partial charge is 0.247 e. The molecule has 0 aliphatic heterocycles. The van der Waals surface area contributed by atoms with E-state index >= 15 is 0 Å². The van der Waals surface area contributed by atoms with Crippen LogP contribution in [0.1, 0.15) is 22.6 Å². The summed E-state index contributed by atoms with van der Waals surface area (Å²) in [4.78, 5) is 23.8. The first-order valence-electron chi connectivity index (χ1n) is 8.10. The van der Waals surface area contributed by atoms with E-state index in [0.717, 1.165) is 5.56 Å². The van der Waals surface area contributed by atoms with Crippen LogP contribution in [0.4, 0.5) is 0 Å². The number of carbonyl (C=O) groups excluding carboxylic acids is 1. The Bertz CT molecular complexity index is 929. The van der Waals surface area contributed by atoms with Crippen molar-refractivity contribution in [3.63, 3.8) is 0 Å². The zero-order valence-electron chi connectivity index (χ0n) is 14.1. The van der Waals surface area contributed by atoms with E-state index in [-0.39, 0.29) is 0 Å². The van der Waals surface area contributed by atoms with Crippen LogP contribution in [0.3, 0.4) is 0 Å². The third-order valence-corrected chi connectivity index (χ3v) is 4.87. The molecule has 2 N–H and O–H groups in total. The summed E-state index contributed by atoms with van der Waals surface area (Å²) in [6, 6.07) is 16.5. The molecule has 2 aromatic carbocycles. The van der Waals surface area contributed by atoms with Gasteiger partial charge >= 0.3 is 0 Å². The molecule has 26 heavy (non-hydrogen) atoms. The van der Waals surface area contributed by atoms with Crippen LogP contribution < -0.4 is 5.73 Å². The minimum Gasteiger partial charge on any atom is -0.368 e. The van der Waals surface area contributed by atoms with Crippen molar-refractivity contribution < 1.29 is 9.72 Å². The quantitative estimate of drug-likeness (QED) is 0.677. The van der Waals surface area contributed by atoms with E-state index in [2.05, 4.69) is 0 Å². The zero-order valence-corrected chi connectivity index (χ0v) is 14.1. The molecule has 3 rings (SSSR count). The molecule has 0 saturated carbocycles. The number of carbonyl (C=O) groups is 1. The van der Waals surface area contributed by atoms with E-state index < -0.39 is 28.2 Å². The second-order valence-corrected chi connectivity index (χ2v) is 6.43. The van der Waals surface area contributed by atoms with Gasteiger partial charge in [0.1, 0.15) is 0 Å². The van der Waals surface area contributed by atoms with Crippen LogP contribution in [0.2, 0.25) is 0 Å². The van der Waals surface area contributed by atoms with Gasteiger partial charge in [-0.15, -0.1) is 0 Å². The lowest BCUT2D eigenvalue weighted by molar-refractivity contribution is -0.510. The highest BCUT2D eigenvalue weighted by molar-refractivity contribution is 5.93. The van der Waals surface area contributed by atoms with Crippen molar-refractivity contribution in [3.8, 4) is 6.07 Å². The Balaban J connectivity index is 2.26. The van der Waals surface area contributed by atoms with Gasteiger partial charge in [0.2, 0.25) is 11.9 Å². The van der Waals surface area contributed by atoms with Gasteiger partial charge in [0.15, 0.2) is 5.41 Å². The van der Waals surface area contributed by atoms with Crippen LogP contribution in [0.25, 0.3) is 5.57 Å². The fourth-order valence-electron chi connectivity index (χ4n) is 3.57. The summed E-state index contributed by atoms with van der Waals surface area (Å²) in [5.41, 5.74) is 6.28. The second kappa shape index (κ2) is 6.45. The lowest BCUT2D eigenvalue weighted by Crippen LogP contribution is -2.42. The number of rotatable bonds is 4. The summed E-state index contributed by atoms with van der Waals surface area (Å²) in [6.45, 7) is 1.91. The maximum absolute atomic E-state index is 12.3. The Labute approximate surface area is 150 Å². The van der Waals surface area contributed by atoms with Gasteiger partial charge in [0.25, 0.3) is 0 Å². The highest BCUT2D eigenvalue weighted by Crippen LogP contribution is 2.51. The number of hydrogen-bond acceptors (Lipinski definition) is 4. The van der Waals surface area contributed by atoms with Gasteiger partial charge in [-0.25, -0.2) is 0 Å². The van der Waals surface area contributed by atoms with Crippen LogP contribution >= 0.6 is 0 Å². The van der Waals surface area contributed by atoms with Gasteiger partial charge in [-0.2, -0.15) is 5.26 Å². The van der Waals surface area contributed by atoms with Gasteiger partial charge in [0, 0.05) is 10.5 Å². The third kappa shape index (κ3) is 2.64. The average molecular weight is 347 g/mol. The van der Waals surface area contributed by atoms with Crippen LogP contribution in [0.15, 0.2) is 60.7 Å². The van der Waals surface area contributed by atoms with Gasteiger partial charge in [-0.05, 0) is 24.1 Å². The summed E-state index contributed by atoms with van der Waals surface area (Å²) in [5.74, 6) is -1.87. The minimum absolute atomic E-state index is 0.337. The highest BCUT2D eigenvalue weighted by atomic mass is 16.6. The van der Waals surface area contributed by atoms with Crippen LogP contribution in [-0.2, 0) is 4.79 Å². The lowest BCUT2D eigenvalue weighted by Gasteiger charge is -2.26. The number of aryl methyl sites for hydroxylation is 1. The minimum atomic E-state index is -1.78. The molecule has 0 aromatic heterocycles. The average Bonchev–Trinajstić information content (AvgIpc) is 3.00. The predicted molar refractivity (Wildman–Crippen MR) is 96.4 cm³/mol. The van der Waals surface area contributed by atoms with Crippen molar-refractivity contribution in [3.05, 3.63) is 87.5 Å². The monoisotopic (exact) mass is 347 g/mol. The molecule has 3 unspecified atom stereocenters. The van der Waals surface area contributed by atoms with E-state index in [4.69, 9.17) is 5.73 Å². The van der Waals surface area contributed by atoms with Gasteiger partial charge in [0.05, 0.1) is 12.0 Å². The number of primary amides is 1. The first-order valence-corrected chi connectivity index (χ1v) is 8.10. The largest absolute Gasteiger partial charge is 0.368 e. The van der Waals surface area contributed by atoms with Crippen molar-refractivity contribution in [2.75, 3.05) is 0 Å². The number of nitrogens with two attached hydrogens (primary N) is 1. The highest BCUT2D eigenvalue weighted by Gasteiger charge is 2.59. The Morgan fingerprint density at radius 3 is 2.31 bits per heavy atom. The summed E-state index contributed by atoms with van der Waals surface area (Å²) < 4.78 is 0. The molecular weight excluding hydrogens is 330 g/mol. The van der Waals surface area contributed by atoms with E-state index in [0.29, 0.717) is 16.7 Å². The normalized spacial score (nSPS) is 24.5. The number of amides is 1. The molecule has 0 radical (unpaired) electrons. The molecule has 0 heterocycles. The van der Waals surface area contributed by atoms with Crippen LogP contribution in [-0.4, -0.2) is 16.9 Å². The predicted octanol–water partition coefficient (Wildman–Crippen LogP) is 2.82. The maximum Gasteiger partial charge on any atom is 0.247 e. The van der Waals surface area contributed by atoms with Crippen molar-refractivity contribution in [2.45, 2.75) is 18.9 Å². The molecule has 0 bridgehead atoms. The third-order valence-electron chi connectivity index (χ3n) is 4.87. The SMILES string of the molecule is Cc1ccc(C2=CC(C#N)(C(N)=O)C(c3ccccc3)C2[N+](=O)[O-])cc1. The second-order valence-electron chi connectivity index (χ2n) is 6.43. The molecule has 6 heteroatoms. The number of nitro groups is 1. The molecule has 2 aromatic rings. The molecule has 3 atom stereocenters. The summed E-state index contributed by atoms with van der Waals surface area (Å²) in [6.07, 6.45) is 1.38. The summed E-state index contributed by atoms with van der Waals surface area (Å²) >= 11 is 0. The topological polar surface area (TPSA) is 110 Å². The fourth-order valence-corrected chi connectivity index (χ4v) is 3.57.